The lowest BCUT2D eigenvalue weighted by Gasteiger charge is -2.04. The molecule has 70 valence electrons. The van der Waals surface area contributed by atoms with E-state index in [4.69, 9.17) is 16.7 Å². The molecule has 1 N–H and O–H groups in total. The van der Waals surface area contributed by atoms with Gasteiger partial charge in [-0.2, -0.15) is 0 Å². The average Bonchev–Trinajstić information content (AvgIpc) is 2.02. The first-order valence-electron chi connectivity index (χ1n) is 3.77. The molecule has 0 saturated carbocycles. The molecule has 0 aromatic heterocycles. The summed E-state index contributed by atoms with van der Waals surface area (Å²) in [6, 6.07) is 3.45. The second kappa shape index (κ2) is 4.11. The fraction of sp³-hybridized carbons (Fsp3) is 0.222. The van der Waals surface area contributed by atoms with Crippen molar-refractivity contribution < 1.29 is 9.90 Å². The second-order valence-corrected chi connectivity index (χ2v) is 3.85. The number of carboxylic acids is 1. The van der Waals surface area contributed by atoms with E-state index in [9.17, 15) is 4.79 Å². The Morgan fingerprint density at radius 1 is 1.62 bits per heavy atom. The number of benzene rings is 1. The largest absolute Gasteiger partial charge is 0.478 e. The van der Waals surface area contributed by atoms with E-state index in [0.29, 0.717) is 4.47 Å². The molecule has 0 unspecified atom stereocenters. The van der Waals surface area contributed by atoms with E-state index in [2.05, 4.69) is 15.9 Å². The summed E-state index contributed by atoms with van der Waals surface area (Å²) in [5.74, 6) is -1.01. The highest BCUT2D eigenvalue weighted by molar-refractivity contribution is 9.10. The Labute approximate surface area is 89.7 Å². The van der Waals surface area contributed by atoms with Crippen LogP contribution in [0.5, 0.6) is 0 Å². The predicted molar refractivity (Wildman–Crippen MR) is 55.5 cm³/mol. The maximum atomic E-state index is 10.7. The van der Waals surface area contributed by atoms with Gasteiger partial charge in [0.05, 0.1) is 10.6 Å². The lowest BCUT2D eigenvalue weighted by atomic mass is 10.1. The molecule has 1 aromatic rings. The summed E-state index contributed by atoms with van der Waals surface area (Å²) >= 11 is 8.97. The molecule has 0 amide bonds. The Kier molecular flexibility index (Phi) is 3.33. The third-order valence-electron chi connectivity index (χ3n) is 1.72. The Morgan fingerprint density at radius 3 is 2.62 bits per heavy atom. The summed E-state index contributed by atoms with van der Waals surface area (Å²) in [7, 11) is 0. The normalized spacial score (nSPS) is 10.1. The van der Waals surface area contributed by atoms with Gasteiger partial charge in [0.1, 0.15) is 0 Å². The van der Waals surface area contributed by atoms with E-state index in [1.54, 1.807) is 12.1 Å². The summed E-state index contributed by atoms with van der Waals surface area (Å²) in [6.45, 7) is 1.98. The molecule has 0 bridgehead atoms. The van der Waals surface area contributed by atoms with Gasteiger partial charge in [0.25, 0.3) is 0 Å². The Bertz CT molecular complexity index is 326. The summed E-state index contributed by atoms with van der Waals surface area (Å²) in [5.41, 5.74) is 1.14. The maximum absolute atomic E-state index is 10.7. The topological polar surface area (TPSA) is 37.3 Å². The van der Waals surface area contributed by atoms with Crippen molar-refractivity contribution in [1.29, 1.82) is 0 Å². The number of aromatic carboxylic acids is 1. The monoisotopic (exact) mass is 262 g/mol. The molecular formula is C9H8BrClO2. The molecular weight excluding hydrogens is 255 g/mol. The van der Waals surface area contributed by atoms with Crippen molar-refractivity contribution in [3.63, 3.8) is 0 Å². The fourth-order valence-electron chi connectivity index (χ4n) is 1.03. The van der Waals surface area contributed by atoms with Crippen LogP contribution in [-0.4, -0.2) is 11.1 Å². The van der Waals surface area contributed by atoms with E-state index in [1.807, 2.05) is 6.92 Å². The van der Waals surface area contributed by atoms with Crippen LogP contribution in [-0.2, 0) is 6.42 Å². The Balaban J connectivity index is 3.31. The molecule has 0 atom stereocenters. The van der Waals surface area contributed by atoms with Crippen LogP contribution in [0.3, 0.4) is 0 Å². The van der Waals surface area contributed by atoms with Crippen LogP contribution in [0, 0.1) is 0 Å². The zero-order valence-corrected chi connectivity index (χ0v) is 9.32. The summed E-state index contributed by atoms with van der Waals surface area (Å²) in [6.07, 6.45) is 0.832. The van der Waals surface area contributed by atoms with Crippen LogP contribution in [0.1, 0.15) is 22.8 Å². The number of aryl methyl sites for hydroxylation is 1. The zero-order valence-electron chi connectivity index (χ0n) is 6.97. The number of hydrogen-bond acceptors (Lipinski definition) is 1. The molecule has 0 aliphatic heterocycles. The van der Waals surface area contributed by atoms with Gasteiger partial charge in [-0.1, -0.05) is 18.5 Å². The minimum absolute atomic E-state index is 0.124. The Morgan fingerprint density at radius 2 is 2.23 bits per heavy atom. The molecule has 1 aromatic carbocycles. The summed E-state index contributed by atoms with van der Waals surface area (Å²) in [4.78, 5) is 10.7. The molecule has 2 nitrogen and oxygen atoms in total. The van der Waals surface area contributed by atoms with Crippen molar-refractivity contribution in [2.75, 3.05) is 0 Å². The molecule has 0 saturated heterocycles. The molecule has 0 radical (unpaired) electrons. The lowest BCUT2D eigenvalue weighted by molar-refractivity contribution is 0.0696. The molecule has 1 rings (SSSR count). The standard InChI is InChI=1S/C9H8BrClO2/c1-2-5-3-6(10)8(9(12)13)7(11)4-5/h3-4H,2H2,1H3,(H,12,13). The minimum atomic E-state index is -1.01. The van der Waals surface area contributed by atoms with Crippen molar-refractivity contribution in [3.05, 3.63) is 32.8 Å². The van der Waals surface area contributed by atoms with Crippen molar-refractivity contribution in [3.8, 4) is 0 Å². The van der Waals surface area contributed by atoms with E-state index in [-0.39, 0.29) is 10.6 Å². The minimum Gasteiger partial charge on any atom is -0.478 e. The van der Waals surface area contributed by atoms with Crippen molar-refractivity contribution in [2.45, 2.75) is 13.3 Å². The van der Waals surface area contributed by atoms with Crippen molar-refractivity contribution >= 4 is 33.5 Å². The number of carbonyl (C=O) groups is 1. The first kappa shape index (κ1) is 10.5. The van der Waals surface area contributed by atoms with Gasteiger partial charge < -0.3 is 5.11 Å². The predicted octanol–water partition coefficient (Wildman–Crippen LogP) is 3.36. The quantitative estimate of drug-likeness (QED) is 0.888. The van der Waals surface area contributed by atoms with Gasteiger partial charge in [0.15, 0.2) is 0 Å². The molecule has 0 spiro atoms. The first-order chi connectivity index (χ1) is 6.06. The fourth-order valence-corrected chi connectivity index (χ4v) is 2.15. The summed E-state index contributed by atoms with van der Waals surface area (Å²) in [5, 5.41) is 9.07. The number of carboxylic acid groups (broad SMARTS) is 1. The van der Waals surface area contributed by atoms with Crippen LogP contribution < -0.4 is 0 Å². The van der Waals surface area contributed by atoms with Gasteiger partial charge in [0.2, 0.25) is 0 Å². The highest BCUT2D eigenvalue weighted by atomic mass is 79.9. The number of rotatable bonds is 2. The SMILES string of the molecule is CCc1cc(Cl)c(C(=O)O)c(Br)c1. The first-order valence-corrected chi connectivity index (χ1v) is 4.94. The third-order valence-corrected chi connectivity index (χ3v) is 2.65. The van der Waals surface area contributed by atoms with Crippen molar-refractivity contribution in [1.82, 2.24) is 0 Å². The van der Waals surface area contributed by atoms with Crippen LogP contribution >= 0.6 is 27.5 Å². The van der Waals surface area contributed by atoms with Gasteiger partial charge in [-0.05, 0) is 40.0 Å². The average molecular weight is 264 g/mol. The van der Waals surface area contributed by atoms with E-state index in [0.717, 1.165) is 12.0 Å². The van der Waals surface area contributed by atoms with E-state index in [1.165, 1.54) is 0 Å². The van der Waals surface area contributed by atoms with Crippen LogP contribution in [0.4, 0.5) is 0 Å². The molecule has 0 aliphatic rings. The van der Waals surface area contributed by atoms with Crippen LogP contribution in [0.2, 0.25) is 5.02 Å². The second-order valence-electron chi connectivity index (χ2n) is 2.59. The van der Waals surface area contributed by atoms with Crippen LogP contribution in [0.15, 0.2) is 16.6 Å². The van der Waals surface area contributed by atoms with Gasteiger partial charge in [0, 0.05) is 4.47 Å². The third kappa shape index (κ3) is 2.23. The van der Waals surface area contributed by atoms with Crippen LogP contribution in [0.25, 0.3) is 0 Å². The highest BCUT2D eigenvalue weighted by Crippen LogP contribution is 2.27. The highest BCUT2D eigenvalue weighted by Gasteiger charge is 2.13. The molecule has 0 fully saturated rings. The lowest BCUT2D eigenvalue weighted by Crippen LogP contribution is -1.99. The smallest absolute Gasteiger partial charge is 0.338 e. The molecule has 0 aliphatic carbocycles. The van der Waals surface area contributed by atoms with Gasteiger partial charge >= 0.3 is 5.97 Å². The zero-order chi connectivity index (χ0) is 10.0. The number of halogens is 2. The number of hydrogen-bond donors (Lipinski definition) is 1. The van der Waals surface area contributed by atoms with E-state index < -0.39 is 5.97 Å². The Hall–Kier alpha value is -0.540. The molecule has 4 heteroatoms. The van der Waals surface area contributed by atoms with Crippen molar-refractivity contribution in [2.24, 2.45) is 0 Å². The maximum Gasteiger partial charge on any atom is 0.338 e. The van der Waals surface area contributed by atoms with Gasteiger partial charge in [-0.25, -0.2) is 4.79 Å². The molecule has 0 heterocycles. The molecule has 13 heavy (non-hydrogen) atoms. The van der Waals surface area contributed by atoms with E-state index >= 15 is 0 Å². The summed E-state index contributed by atoms with van der Waals surface area (Å²) < 4.78 is 0.532. The van der Waals surface area contributed by atoms with Gasteiger partial charge in [-0.3, -0.25) is 0 Å². The van der Waals surface area contributed by atoms with Gasteiger partial charge in [-0.15, -0.1) is 0 Å².